The van der Waals surface area contributed by atoms with Crippen molar-refractivity contribution in [1.29, 1.82) is 0 Å². The van der Waals surface area contributed by atoms with Gasteiger partial charge in [-0.2, -0.15) is 4.98 Å². The van der Waals surface area contributed by atoms with Crippen LogP contribution in [-0.4, -0.2) is 182 Å². The maximum atomic E-state index is 15.1. The number of anilines is 6. The third-order valence-corrected chi connectivity index (χ3v) is 15.5. The summed E-state index contributed by atoms with van der Waals surface area (Å²) in [5.41, 5.74) is 13.5. The molecule has 89 heavy (non-hydrogen) atoms. The number of amides is 3. The van der Waals surface area contributed by atoms with Gasteiger partial charge in [-0.05, 0) is 120 Å². The van der Waals surface area contributed by atoms with Crippen LogP contribution in [0.1, 0.15) is 50.6 Å². The summed E-state index contributed by atoms with van der Waals surface area (Å²) < 4.78 is 112. The third kappa shape index (κ3) is 21.8. The van der Waals surface area contributed by atoms with E-state index >= 15 is 4.39 Å². The number of hydrogen-bond donors (Lipinski definition) is 6. The van der Waals surface area contributed by atoms with Crippen LogP contribution in [0.5, 0.6) is 5.75 Å². The Morgan fingerprint density at radius 1 is 0.753 bits per heavy atom. The van der Waals surface area contributed by atoms with Crippen LogP contribution in [0.15, 0.2) is 107 Å². The summed E-state index contributed by atoms with van der Waals surface area (Å²) in [6.45, 7) is 7.16. The zero-order valence-electron chi connectivity index (χ0n) is 49.4. The molecule has 0 bridgehead atoms. The van der Waals surface area contributed by atoms with Crippen molar-refractivity contribution in [3.05, 3.63) is 142 Å². The molecule has 6 aromatic rings. The molecule has 2 aromatic heterocycles. The van der Waals surface area contributed by atoms with Gasteiger partial charge in [0.1, 0.15) is 41.9 Å². The summed E-state index contributed by atoms with van der Waals surface area (Å²) in [7, 11) is -0.309. The fraction of sp³-hybridized carbons (Fsp3) is 0.383. The summed E-state index contributed by atoms with van der Waals surface area (Å²) in [6, 6.07) is 16.8. The minimum Gasteiger partial charge on any atom is -0.486 e. The molecule has 3 amide bonds. The van der Waals surface area contributed by atoms with E-state index < -0.39 is 39.3 Å². The van der Waals surface area contributed by atoms with Gasteiger partial charge in [0.2, 0.25) is 21.9 Å². The van der Waals surface area contributed by atoms with Crippen LogP contribution < -0.4 is 36.9 Å². The monoisotopic (exact) mass is 1320 g/mol. The van der Waals surface area contributed by atoms with Gasteiger partial charge in [-0.1, -0.05) is 18.2 Å². The van der Waals surface area contributed by atoms with Crippen molar-refractivity contribution in [1.82, 2.24) is 34.5 Å². The van der Waals surface area contributed by atoms with E-state index in [2.05, 4.69) is 56.5 Å². The molecule has 24 nitrogen and oxygen atoms in total. The minimum absolute atomic E-state index is 0.00419. The lowest BCUT2D eigenvalue weighted by Gasteiger charge is -2.19. The molecule has 4 aromatic carbocycles. The number of nitrogens with zero attached hydrogens (tertiary/aromatic N) is 6. The molecule has 1 fully saturated rings. The summed E-state index contributed by atoms with van der Waals surface area (Å²) in [5, 5.41) is 8.49. The highest BCUT2D eigenvalue weighted by Gasteiger charge is 2.26. The summed E-state index contributed by atoms with van der Waals surface area (Å²) in [5.74, 6) is -3.34. The van der Waals surface area contributed by atoms with Crippen molar-refractivity contribution >= 4 is 78.3 Å². The Labute approximate surface area is 522 Å². The van der Waals surface area contributed by atoms with Gasteiger partial charge < -0.3 is 70.4 Å². The maximum absolute atomic E-state index is 15.1. The van der Waals surface area contributed by atoms with Gasteiger partial charge >= 0.3 is 0 Å². The molecule has 478 valence electrons. The van der Waals surface area contributed by atoms with Crippen molar-refractivity contribution in [3.63, 3.8) is 0 Å². The molecule has 1 aliphatic rings. The zero-order chi connectivity index (χ0) is 63.7. The normalized spacial score (nSPS) is 12.4. The van der Waals surface area contributed by atoms with Crippen LogP contribution in [0.3, 0.4) is 0 Å². The Balaban J connectivity index is 0.651. The predicted molar refractivity (Wildman–Crippen MR) is 330 cm³/mol. The number of rotatable bonds is 39. The Bertz CT molecular complexity index is 3490. The number of ether oxygens (including phenoxy) is 7. The first-order valence-corrected chi connectivity index (χ1v) is 30.6. The second kappa shape index (κ2) is 34.9. The lowest BCUT2D eigenvalue weighted by Crippen LogP contribution is -2.30. The number of nitrogen functional groups attached to an aromatic ring is 1. The zero-order valence-corrected chi connectivity index (χ0v) is 51.8. The minimum atomic E-state index is -3.83. The molecular weight excluding hydrogens is 1250 g/mol. The van der Waals surface area contributed by atoms with E-state index in [0.29, 0.717) is 101 Å². The molecule has 7 rings (SSSR count). The predicted octanol–water partition coefficient (Wildman–Crippen LogP) is 7.12. The number of hydrogen-bond acceptors (Lipinski definition) is 20. The number of halogens is 4. The third-order valence-electron chi connectivity index (χ3n) is 13.4. The van der Waals surface area contributed by atoms with E-state index in [4.69, 9.17) is 44.6 Å². The standard InChI is InChI=1S/C60H72BrF3N12O12S/c1-39-46(35-42(62)36-51(39)73-59(79)45-16-11-41(34-49(45)64)40-9-10-40)54-55(56(65)69-38-68-54)88-23-20-76(3)52(77)8-5-18-75(2)19-22-83-25-27-85-29-31-87-33-32-86-30-28-84-26-24-82-21-17-70-89(80,81)44-14-12-43(13-15-44)71-60-67-37-47(61)58(74-60)72-50-7-4-6-48(63)53(50)57(66)78/h4-8,11-16,34-38,40,70H,9-10,17-33H2,1-3H3,(H2,66,78)(H,73,79)(H2,65,68,69)(H2,67,71,72,74)/b8-5+. The van der Waals surface area contributed by atoms with Crippen LogP contribution in [0.2, 0.25) is 0 Å². The number of sulfonamides is 1. The van der Waals surface area contributed by atoms with Gasteiger partial charge in [0.05, 0.1) is 112 Å². The van der Waals surface area contributed by atoms with E-state index in [1.54, 1.807) is 26.1 Å². The molecule has 8 N–H and O–H groups in total. The average Bonchev–Trinajstić information content (AvgIpc) is 2.08. The van der Waals surface area contributed by atoms with Gasteiger partial charge in [-0.3, -0.25) is 14.4 Å². The molecule has 1 aliphatic carbocycles. The molecule has 2 heterocycles. The number of benzene rings is 4. The van der Waals surface area contributed by atoms with E-state index in [9.17, 15) is 31.6 Å². The van der Waals surface area contributed by atoms with Gasteiger partial charge in [-0.15, -0.1) is 0 Å². The lowest BCUT2D eigenvalue weighted by atomic mass is 10.0. The Kier molecular flexibility index (Phi) is 27.0. The van der Waals surface area contributed by atoms with Crippen molar-refractivity contribution in [2.24, 2.45) is 5.73 Å². The van der Waals surface area contributed by atoms with E-state index in [-0.39, 0.29) is 101 Å². The number of carbonyl (C=O) groups is 3. The molecule has 0 aliphatic heterocycles. The van der Waals surface area contributed by atoms with E-state index in [0.717, 1.165) is 30.5 Å². The highest BCUT2D eigenvalue weighted by atomic mass is 79.9. The first-order valence-electron chi connectivity index (χ1n) is 28.3. The first kappa shape index (κ1) is 68.8. The van der Waals surface area contributed by atoms with E-state index in [1.165, 1.54) is 78.1 Å². The molecule has 0 unspecified atom stereocenters. The second-order valence-electron chi connectivity index (χ2n) is 20.1. The van der Waals surface area contributed by atoms with Gasteiger partial charge in [0, 0.05) is 55.9 Å². The maximum Gasteiger partial charge on any atom is 0.258 e. The number of nitrogens with two attached hydrogens (primary N) is 2. The molecule has 1 saturated carbocycles. The van der Waals surface area contributed by atoms with Gasteiger partial charge in [0.15, 0.2) is 11.6 Å². The Morgan fingerprint density at radius 3 is 2.04 bits per heavy atom. The molecule has 0 spiro atoms. The molecule has 0 saturated heterocycles. The lowest BCUT2D eigenvalue weighted by molar-refractivity contribution is -0.125. The highest BCUT2D eigenvalue weighted by Crippen LogP contribution is 2.41. The Morgan fingerprint density at radius 2 is 1.40 bits per heavy atom. The molecular formula is C60H72BrF3N12O12S. The van der Waals surface area contributed by atoms with Crippen LogP contribution in [-0.2, 0) is 43.2 Å². The molecule has 0 radical (unpaired) electrons. The average molecular weight is 1320 g/mol. The van der Waals surface area contributed by atoms with Crippen molar-refractivity contribution < 1.29 is 69.1 Å². The summed E-state index contributed by atoms with van der Waals surface area (Å²) in [4.78, 5) is 58.3. The van der Waals surface area contributed by atoms with Crippen LogP contribution in [0.25, 0.3) is 11.3 Å². The van der Waals surface area contributed by atoms with Crippen molar-refractivity contribution in [2.75, 3.05) is 148 Å². The SMILES string of the molecule is Cc1c(NC(=O)c2ccc(C3CC3)cc2F)cc(F)cc1-c1ncnc(N)c1OCCN(C)C(=O)/C=C/CN(C)CCOCCOCCOCCOCCOCCOCCNS(=O)(=O)c1ccc(Nc2ncc(Br)c(Nc3cccc(F)c3C(N)=O)n2)cc1. The summed E-state index contributed by atoms with van der Waals surface area (Å²) >= 11 is 3.33. The van der Waals surface area contributed by atoms with Crippen molar-refractivity contribution in [2.45, 2.75) is 30.6 Å². The van der Waals surface area contributed by atoms with Crippen molar-refractivity contribution in [3.8, 4) is 17.0 Å². The van der Waals surface area contributed by atoms with Crippen LogP contribution in [0.4, 0.5) is 47.8 Å². The topological polar surface area (TPSA) is 308 Å². The van der Waals surface area contributed by atoms with Gasteiger partial charge in [-0.25, -0.2) is 41.3 Å². The quantitative estimate of drug-likeness (QED) is 0.0165. The summed E-state index contributed by atoms with van der Waals surface area (Å²) in [6.07, 6.45) is 7.84. The smallest absolute Gasteiger partial charge is 0.258 e. The second-order valence-corrected chi connectivity index (χ2v) is 22.7. The fourth-order valence-electron chi connectivity index (χ4n) is 8.42. The Hall–Kier alpha value is -7.71. The highest BCUT2D eigenvalue weighted by molar-refractivity contribution is 9.10. The largest absolute Gasteiger partial charge is 0.486 e. The molecule has 0 atom stereocenters. The first-order chi connectivity index (χ1) is 42.9. The number of likely N-dealkylation sites (N-methyl/N-ethyl adjacent to an activating group) is 2. The van der Waals surface area contributed by atoms with Crippen LogP contribution >= 0.6 is 15.9 Å². The number of nitrogens with one attached hydrogen (secondary N) is 4. The number of carbonyl (C=O) groups excluding carboxylic acids is 3. The number of aromatic nitrogens is 4. The molecule has 29 heteroatoms. The van der Waals surface area contributed by atoms with Crippen LogP contribution in [0, 0.1) is 24.4 Å². The van der Waals surface area contributed by atoms with Gasteiger partial charge in [0.25, 0.3) is 11.8 Å². The number of primary amides is 1. The fourth-order valence-corrected chi connectivity index (χ4v) is 9.72. The van der Waals surface area contributed by atoms with E-state index in [1.807, 2.05) is 11.9 Å².